The highest BCUT2D eigenvalue weighted by molar-refractivity contribution is 6.08. The first kappa shape index (κ1) is 22.0. The fraction of sp³-hybridized carbons (Fsp3) is 0.333. The average molecular weight is 450 g/mol. The number of piperazine rings is 1. The van der Waals surface area contributed by atoms with Crippen LogP contribution in [-0.2, 0) is 13.1 Å². The van der Waals surface area contributed by atoms with Gasteiger partial charge in [0.25, 0.3) is 0 Å². The summed E-state index contributed by atoms with van der Waals surface area (Å²) in [5.74, 6) is -0.706. The molecule has 0 amide bonds. The van der Waals surface area contributed by atoms with Gasteiger partial charge in [0.15, 0.2) is 0 Å². The van der Waals surface area contributed by atoms with Crippen LogP contribution in [0.4, 0.5) is 8.78 Å². The molecule has 0 saturated carbocycles. The van der Waals surface area contributed by atoms with Crippen LogP contribution in [0.1, 0.15) is 12.5 Å². The Morgan fingerprint density at radius 3 is 2.12 bits per heavy atom. The third-order valence-corrected chi connectivity index (χ3v) is 6.73. The van der Waals surface area contributed by atoms with E-state index >= 15 is 0 Å². The second kappa shape index (κ2) is 9.21. The number of aromatic nitrogens is 1. The Bertz CT molecular complexity index is 1200. The molecule has 0 aliphatic carbocycles. The Balaban J connectivity index is 1.29. The lowest BCUT2D eigenvalue weighted by molar-refractivity contribution is 0.0319. The Kier molecular flexibility index (Phi) is 6.15. The molecule has 0 spiro atoms. The van der Waals surface area contributed by atoms with Crippen LogP contribution in [0.2, 0.25) is 0 Å². The normalized spacial score (nSPS) is 18.8. The Morgan fingerprint density at radius 2 is 1.52 bits per heavy atom. The van der Waals surface area contributed by atoms with E-state index in [-0.39, 0.29) is 11.6 Å². The second-order valence-electron chi connectivity index (χ2n) is 9.15. The summed E-state index contributed by atoms with van der Waals surface area (Å²) in [7, 11) is 0. The van der Waals surface area contributed by atoms with Crippen molar-refractivity contribution >= 4 is 21.8 Å². The summed E-state index contributed by atoms with van der Waals surface area (Å²) in [6.45, 7) is 6.88. The van der Waals surface area contributed by atoms with Crippen molar-refractivity contribution in [2.75, 3.05) is 26.2 Å². The van der Waals surface area contributed by atoms with Gasteiger partial charge in [-0.1, -0.05) is 30.3 Å². The zero-order chi connectivity index (χ0) is 22.9. The molecule has 4 aromatic rings. The Morgan fingerprint density at radius 1 is 0.879 bits per heavy atom. The maximum Gasteiger partial charge on any atom is 0.123 e. The molecule has 1 aliphatic heterocycles. The molecule has 1 fully saturated rings. The number of aliphatic hydroxyl groups excluding tert-OH is 1. The summed E-state index contributed by atoms with van der Waals surface area (Å²) >= 11 is 0. The molecule has 6 heteroatoms. The molecule has 1 unspecified atom stereocenters. The van der Waals surface area contributed by atoms with E-state index < -0.39 is 6.10 Å². The number of β-amino-alcohol motifs (C(OH)–C–C–N with tert-alkyl or cyclic N) is 1. The maximum atomic E-state index is 13.9. The summed E-state index contributed by atoms with van der Waals surface area (Å²) in [4.78, 5) is 4.79. The SMILES string of the molecule is C[C@H]1CN(Cc2ccccc2)CCN1CC(O)Cn1c2ccc(F)cc2c2cc(F)ccc21. The molecule has 5 rings (SSSR count). The zero-order valence-electron chi connectivity index (χ0n) is 18.8. The molecule has 1 N–H and O–H groups in total. The quantitative estimate of drug-likeness (QED) is 0.465. The molecule has 4 nitrogen and oxygen atoms in total. The van der Waals surface area contributed by atoms with Crippen molar-refractivity contribution in [3.05, 3.63) is 83.9 Å². The maximum absolute atomic E-state index is 13.9. The van der Waals surface area contributed by atoms with E-state index in [0.29, 0.717) is 29.9 Å². The Labute approximate surface area is 192 Å². The standard InChI is InChI=1S/C27H29F2N3O/c1-19-15-30(16-20-5-3-2-4-6-20)11-12-31(19)17-23(33)18-32-26-9-7-21(28)13-24(26)25-14-22(29)8-10-27(25)32/h2-10,13-14,19,23,33H,11-12,15-18H2,1H3/t19-,23?/m0/s1. The van der Waals surface area contributed by atoms with Crippen LogP contribution in [0.3, 0.4) is 0 Å². The predicted octanol–water partition coefficient (Wildman–Crippen LogP) is 4.64. The summed E-state index contributed by atoms with van der Waals surface area (Å²) in [6.07, 6.45) is -0.595. The van der Waals surface area contributed by atoms with Crippen molar-refractivity contribution in [1.82, 2.24) is 14.4 Å². The molecule has 2 atom stereocenters. The number of halogens is 2. The van der Waals surface area contributed by atoms with E-state index in [1.165, 1.54) is 29.8 Å². The summed E-state index contributed by atoms with van der Waals surface area (Å²) in [6, 6.07) is 19.9. The van der Waals surface area contributed by atoms with Gasteiger partial charge in [0.1, 0.15) is 11.6 Å². The fourth-order valence-corrected chi connectivity index (χ4v) is 5.11. The second-order valence-corrected chi connectivity index (χ2v) is 9.15. The van der Waals surface area contributed by atoms with Crippen molar-refractivity contribution in [3.63, 3.8) is 0 Å². The number of hydrogen-bond donors (Lipinski definition) is 1. The topological polar surface area (TPSA) is 31.6 Å². The third-order valence-electron chi connectivity index (χ3n) is 6.73. The molecule has 2 heterocycles. The molecular formula is C27H29F2N3O. The smallest absolute Gasteiger partial charge is 0.123 e. The van der Waals surface area contributed by atoms with E-state index in [2.05, 4.69) is 41.0 Å². The molecule has 33 heavy (non-hydrogen) atoms. The number of rotatable bonds is 6. The van der Waals surface area contributed by atoms with Crippen molar-refractivity contribution in [1.29, 1.82) is 0 Å². The minimum Gasteiger partial charge on any atom is -0.390 e. The third kappa shape index (κ3) is 4.64. The highest BCUT2D eigenvalue weighted by Crippen LogP contribution is 2.30. The summed E-state index contributed by atoms with van der Waals surface area (Å²) in [5, 5.41) is 12.3. The van der Waals surface area contributed by atoms with E-state index in [9.17, 15) is 13.9 Å². The lowest BCUT2D eigenvalue weighted by Gasteiger charge is -2.40. The first-order valence-corrected chi connectivity index (χ1v) is 11.5. The van der Waals surface area contributed by atoms with Crippen molar-refractivity contribution in [3.8, 4) is 0 Å². The van der Waals surface area contributed by atoms with Gasteiger partial charge in [-0.2, -0.15) is 0 Å². The van der Waals surface area contributed by atoms with Crippen molar-refractivity contribution in [2.45, 2.75) is 32.2 Å². The highest BCUT2D eigenvalue weighted by Gasteiger charge is 2.26. The first-order valence-electron chi connectivity index (χ1n) is 11.5. The number of hydrogen-bond acceptors (Lipinski definition) is 3. The van der Waals surface area contributed by atoms with Crippen LogP contribution >= 0.6 is 0 Å². The summed E-state index contributed by atoms with van der Waals surface area (Å²) < 4.78 is 29.8. The van der Waals surface area contributed by atoms with Crippen LogP contribution in [0, 0.1) is 11.6 Å². The van der Waals surface area contributed by atoms with Gasteiger partial charge in [0.05, 0.1) is 12.6 Å². The predicted molar refractivity (Wildman–Crippen MR) is 128 cm³/mol. The van der Waals surface area contributed by atoms with Crippen molar-refractivity contribution < 1.29 is 13.9 Å². The van der Waals surface area contributed by atoms with Gasteiger partial charge in [-0.3, -0.25) is 9.80 Å². The van der Waals surface area contributed by atoms with E-state index in [4.69, 9.17) is 0 Å². The van der Waals surface area contributed by atoms with E-state index in [1.54, 1.807) is 12.1 Å². The molecule has 1 saturated heterocycles. The lowest BCUT2D eigenvalue weighted by Crippen LogP contribution is -2.53. The van der Waals surface area contributed by atoms with Crippen LogP contribution in [-0.4, -0.2) is 57.8 Å². The molecule has 0 bridgehead atoms. The lowest BCUT2D eigenvalue weighted by atomic mass is 10.1. The number of fused-ring (bicyclic) bond motifs is 3. The highest BCUT2D eigenvalue weighted by atomic mass is 19.1. The molecule has 1 aliphatic rings. The van der Waals surface area contributed by atoms with Gasteiger partial charge in [-0.25, -0.2) is 8.78 Å². The zero-order valence-corrected chi connectivity index (χ0v) is 18.8. The fourth-order valence-electron chi connectivity index (χ4n) is 5.11. The van der Waals surface area contributed by atoms with Gasteiger partial charge in [0.2, 0.25) is 0 Å². The van der Waals surface area contributed by atoms with Gasteiger partial charge in [-0.15, -0.1) is 0 Å². The minimum absolute atomic E-state index is 0.332. The first-order chi connectivity index (χ1) is 16.0. The molecule has 1 aromatic heterocycles. The number of benzene rings is 3. The van der Waals surface area contributed by atoms with Crippen LogP contribution < -0.4 is 0 Å². The van der Waals surface area contributed by atoms with Crippen LogP contribution in [0.5, 0.6) is 0 Å². The van der Waals surface area contributed by atoms with Gasteiger partial charge >= 0.3 is 0 Å². The molecule has 3 aromatic carbocycles. The minimum atomic E-state index is -0.595. The molecule has 0 radical (unpaired) electrons. The van der Waals surface area contributed by atoms with Crippen molar-refractivity contribution in [2.24, 2.45) is 0 Å². The van der Waals surface area contributed by atoms with E-state index in [1.807, 2.05) is 10.6 Å². The van der Waals surface area contributed by atoms with Gasteiger partial charge < -0.3 is 9.67 Å². The number of aliphatic hydroxyl groups is 1. The molecule has 172 valence electrons. The van der Waals surface area contributed by atoms with Crippen LogP contribution in [0.25, 0.3) is 21.8 Å². The monoisotopic (exact) mass is 449 g/mol. The number of nitrogens with zero attached hydrogens (tertiary/aromatic N) is 3. The Hall–Kier alpha value is -2.80. The van der Waals surface area contributed by atoms with E-state index in [0.717, 1.165) is 37.2 Å². The largest absolute Gasteiger partial charge is 0.390 e. The molecular weight excluding hydrogens is 420 g/mol. The average Bonchev–Trinajstić information content (AvgIpc) is 3.08. The van der Waals surface area contributed by atoms with Gasteiger partial charge in [-0.05, 0) is 48.9 Å². The van der Waals surface area contributed by atoms with Crippen LogP contribution in [0.15, 0.2) is 66.7 Å². The van der Waals surface area contributed by atoms with Gasteiger partial charge in [0, 0.05) is 60.6 Å². The summed E-state index contributed by atoms with van der Waals surface area (Å²) in [5.41, 5.74) is 2.92.